The molecule has 0 saturated carbocycles. The zero-order valence-electron chi connectivity index (χ0n) is 20.5. The highest BCUT2D eigenvalue weighted by Gasteiger charge is 2.32. The Morgan fingerprint density at radius 3 is 2.61 bits per heavy atom. The number of aromatic nitrogens is 3. The molecule has 1 N–H and O–H groups in total. The normalized spacial score (nSPS) is 14.3. The van der Waals surface area contributed by atoms with Crippen LogP contribution in [0.25, 0.3) is 5.65 Å². The van der Waals surface area contributed by atoms with Gasteiger partial charge in [-0.25, -0.2) is 9.50 Å². The number of hydrogen-bond acceptors (Lipinski definition) is 5. The van der Waals surface area contributed by atoms with Crippen molar-refractivity contribution in [2.24, 2.45) is 0 Å². The molecule has 0 unspecified atom stereocenters. The lowest BCUT2D eigenvalue weighted by molar-refractivity contribution is -0.137. The number of carbonyl (C=O) groups is 1. The molecule has 190 valence electrons. The first-order valence-electron chi connectivity index (χ1n) is 11.9. The van der Waals surface area contributed by atoms with Crippen LogP contribution in [0.15, 0.2) is 60.9 Å². The van der Waals surface area contributed by atoms with Gasteiger partial charge in [0.05, 0.1) is 11.8 Å². The Bertz CT molecular complexity index is 1560. The van der Waals surface area contributed by atoms with Crippen LogP contribution in [-0.4, -0.2) is 59.5 Å². The number of amides is 1. The molecule has 5 rings (SSSR count). The summed E-state index contributed by atoms with van der Waals surface area (Å²) < 4.78 is 42.6. The number of benzene rings is 2. The van der Waals surface area contributed by atoms with E-state index in [-0.39, 0.29) is 11.3 Å². The number of carbonyl (C=O) groups excluding carboxylic acids is 1. The average molecular weight is 514 g/mol. The summed E-state index contributed by atoms with van der Waals surface area (Å²) in [6.45, 7) is 3.87. The summed E-state index contributed by atoms with van der Waals surface area (Å²) in [5.41, 5.74) is 2.56. The quantitative estimate of drug-likeness (QED) is 0.332. The first kappa shape index (κ1) is 25.4. The Morgan fingerprint density at radius 2 is 1.84 bits per heavy atom. The largest absolute Gasteiger partial charge is 0.416 e. The SMILES string of the molecule is [B]N1CCN(c2cc(NC(=O)c3ccc(C)c(C#Cc4cnc5cccnn45)c3)cc(C(F)(F)F)c2)CC1. The first-order chi connectivity index (χ1) is 18.2. The number of nitrogens with one attached hydrogen (secondary N) is 1. The molecule has 2 aromatic heterocycles. The number of anilines is 2. The van der Waals surface area contributed by atoms with Crippen molar-refractivity contribution in [3.63, 3.8) is 0 Å². The van der Waals surface area contributed by atoms with Crippen molar-refractivity contribution in [1.29, 1.82) is 0 Å². The van der Waals surface area contributed by atoms with Gasteiger partial charge in [0, 0.05) is 54.9 Å². The van der Waals surface area contributed by atoms with E-state index in [1.54, 1.807) is 52.1 Å². The van der Waals surface area contributed by atoms with Crippen LogP contribution in [0.3, 0.4) is 0 Å². The van der Waals surface area contributed by atoms with Gasteiger partial charge in [0.2, 0.25) is 0 Å². The molecule has 1 aliphatic heterocycles. The lowest BCUT2D eigenvalue weighted by Crippen LogP contribution is -2.45. The number of halogens is 3. The van der Waals surface area contributed by atoms with Gasteiger partial charge >= 0.3 is 6.18 Å². The molecule has 7 nitrogen and oxygen atoms in total. The van der Waals surface area contributed by atoms with Crippen molar-refractivity contribution in [1.82, 2.24) is 19.4 Å². The Labute approximate surface area is 218 Å². The summed E-state index contributed by atoms with van der Waals surface area (Å²) in [5, 5.41) is 6.86. The van der Waals surface area contributed by atoms with E-state index in [0.717, 1.165) is 17.7 Å². The summed E-state index contributed by atoms with van der Waals surface area (Å²) in [4.78, 5) is 20.8. The summed E-state index contributed by atoms with van der Waals surface area (Å²) in [7, 11) is 5.78. The maximum absolute atomic E-state index is 13.6. The second-order valence-electron chi connectivity index (χ2n) is 8.96. The van der Waals surface area contributed by atoms with Crippen LogP contribution in [0.5, 0.6) is 0 Å². The number of imidazole rings is 1. The fraction of sp³-hybridized carbons (Fsp3) is 0.222. The van der Waals surface area contributed by atoms with Crippen LogP contribution in [0.2, 0.25) is 0 Å². The Morgan fingerprint density at radius 1 is 1.05 bits per heavy atom. The van der Waals surface area contributed by atoms with Gasteiger partial charge in [0.1, 0.15) is 5.69 Å². The average Bonchev–Trinajstić information content (AvgIpc) is 3.31. The van der Waals surface area contributed by atoms with Crippen LogP contribution in [-0.2, 0) is 6.18 Å². The highest BCUT2D eigenvalue weighted by atomic mass is 19.4. The van der Waals surface area contributed by atoms with E-state index in [9.17, 15) is 18.0 Å². The van der Waals surface area contributed by atoms with Gasteiger partial charge < -0.3 is 15.0 Å². The van der Waals surface area contributed by atoms with Gasteiger partial charge in [-0.15, -0.1) is 0 Å². The predicted molar refractivity (Wildman–Crippen MR) is 139 cm³/mol. The molecule has 0 spiro atoms. The van der Waals surface area contributed by atoms with Crippen LogP contribution in [0, 0.1) is 18.8 Å². The Kier molecular flexibility index (Phi) is 6.82. The van der Waals surface area contributed by atoms with E-state index in [1.165, 1.54) is 0 Å². The van der Waals surface area contributed by atoms with E-state index in [1.807, 2.05) is 17.9 Å². The summed E-state index contributed by atoms with van der Waals surface area (Å²) in [6, 6.07) is 12.1. The van der Waals surface area contributed by atoms with Crippen LogP contribution in [0.1, 0.15) is 32.7 Å². The number of rotatable bonds is 3. The summed E-state index contributed by atoms with van der Waals surface area (Å²) >= 11 is 0. The predicted octanol–water partition coefficient (Wildman–Crippen LogP) is 3.91. The van der Waals surface area contributed by atoms with Gasteiger partial charge in [0.15, 0.2) is 13.6 Å². The van der Waals surface area contributed by atoms with E-state index < -0.39 is 17.6 Å². The van der Waals surface area contributed by atoms with Crippen molar-refractivity contribution in [2.45, 2.75) is 13.1 Å². The highest BCUT2D eigenvalue weighted by Crippen LogP contribution is 2.35. The van der Waals surface area contributed by atoms with Gasteiger partial charge in [0.25, 0.3) is 5.91 Å². The van der Waals surface area contributed by atoms with Crippen LogP contribution >= 0.6 is 0 Å². The zero-order valence-corrected chi connectivity index (χ0v) is 20.5. The number of hydrogen-bond donors (Lipinski definition) is 1. The van der Waals surface area contributed by atoms with Crippen molar-refractivity contribution in [3.8, 4) is 11.8 Å². The van der Waals surface area contributed by atoms with Gasteiger partial charge in [-0.05, 0) is 60.9 Å². The van der Waals surface area contributed by atoms with Gasteiger partial charge in [-0.1, -0.05) is 12.0 Å². The van der Waals surface area contributed by atoms with Crippen molar-refractivity contribution < 1.29 is 18.0 Å². The number of alkyl halides is 3. The third kappa shape index (κ3) is 5.50. The van der Waals surface area contributed by atoms with E-state index in [0.29, 0.717) is 48.8 Å². The maximum Gasteiger partial charge on any atom is 0.416 e. The van der Waals surface area contributed by atoms with Gasteiger partial charge in [-0.2, -0.15) is 18.3 Å². The molecule has 1 fully saturated rings. The molecule has 2 aromatic carbocycles. The number of fused-ring (bicyclic) bond motifs is 1. The van der Waals surface area contributed by atoms with Crippen LogP contribution < -0.4 is 10.2 Å². The van der Waals surface area contributed by atoms with Gasteiger partial charge in [-0.3, -0.25) is 4.79 Å². The van der Waals surface area contributed by atoms with Crippen molar-refractivity contribution >= 4 is 30.9 Å². The fourth-order valence-electron chi connectivity index (χ4n) is 4.16. The fourth-order valence-corrected chi connectivity index (χ4v) is 4.16. The maximum atomic E-state index is 13.6. The van der Waals surface area contributed by atoms with E-state index >= 15 is 0 Å². The minimum absolute atomic E-state index is 0.0556. The summed E-state index contributed by atoms with van der Waals surface area (Å²) in [6.07, 6.45) is -1.32. The molecular weight excluding hydrogens is 492 g/mol. The van der Waals surface area contributed by atoms with Crippen molar-refractivity contribution in [2.75, 3.05) is 36.4 Å². The van der Waals surface area contributed by atoms with E-state index in [4.69, 9.17) is 7.98 Å². The molecule has 2 radical (unpaired) electrons. The second-order valence-corrected chi connectivity index (χ2v) is 8.96. The number of aryl methyl sites for hydroxylation is 1. The topological polar surface area (TPSA) is 65.8 Å². The zero-order chi connectivity index (χ0) is 26.9. The standard InChI is InChI=1S/C27H22BF3N6O/c1-18-4-5-20(13-19(18)6-7-23-17-32-25-3-2-8-33-37(23)25)26(38)34-22-14-21(27(29,30)31)15-24(16-22)35-9-11-36(28)12-10-35/h2-5,8,13-17H,9-12H2,1H3,(H,34,38). The lowest BCUT2D eigenvalue weighted by Gasteiger charge is -2.35. The Hall–Kier alpha value is -4.30. The molecule has 4 aromatic rings. The molecule has 0 atom stereocenters. The summed E-state index contributed by atoms with van der Waals surface area (Å²) in [5.74, 6) is 5.54. The molecule has 1 saturated heterocycles. The van der Waals surface area contributed by atoms with E-state index in [2.05, 4.69) is 27.2 Å². The molecule has 1 aliphatic rings. The highest BCUT2D eigenvalue weighted by molar-refractivity contribution is 6.05. The Balaban J connectivity index is 1.41. The molecule has 0 bridgehead atoms. The number of nitrogens with zero attached hydrogens (tertiary/aromatic N) is 5. The minimum atomic E-state index is -4.56. The third-order valence-corrected chi connectivity index (χ3v) is 6.29. The van der Waals surface area contributed by atoms with Crippen molar-refractivity contribution in [3.05, 3.63) is 88.9 Å². The second kappa shape index (κ2) is 10.2. The number of piperazine rings is 1. The lowest BCUT2D eigenvalue weighted by atomic mass is 10.0. The first-order valence-corrected chi connectivity index (χ1v) is 11.9. The molecule has 0 aliphatic carbocycles. The molecule has 11 heteroatoms. The molecular formula is C27H22BF3N6O. The smallest absolute Gasteiger partial charge is 0.369 e. The molecule has 1 amide bonds. The molecule has 38 heavy (non-hydrogen) atoms. The monoisotopic (exact) mass is 514 g/mol. The minimum Gasteiger partial charge on any atom is -0.369 e. The van der Waals surface area contributed by atoms with Crippen LogP contribution in [0.4, 0.5) is 24.5 Å². The third-order valence-electron chi connectivity index (χ3n) is 6.29. The molecule has 3 heterocycles.